The maximum absolute atomic E-state index is 5.27. The highest BCUT2D eigenvalue weighted by Gasteiger charge is 2.15. The van der Waals surface area contributed by atoms with Crippen molar-refractivity contribution in [2.75, 3.05) is 21.3 Å². The molecule has 90 valence electrons. The second-order valence-electron chi connectivity index (χ2n) is 3.16. The number of methoxy groups -OCH3 is 3. The normalized spacial score (nSPS) is 10.1. The SMILES string of the molecule is COc1cc(-c2nncs2)cc(OC)c1OC. The lowest BCUT2D eigenvalue weighted by Crippen LogP contribution is -1.95. The Balaban J connectivity index is 2.56. The van der Waals surface area contributed by atoms with Gasteiger partial charge in [-0.1, -0.05) is 11.3 Å². The van der Waals surface area contributed by atoms with Crippen LogP contribution >= 0.6 is 11.3 Å². The van der Waals surface area contributed by atoms with Gasteiger partial charge in [0.1, 0.15) is 10.5 Å². The van der Waals surface area contributed by atoms with Crippen LogP contribution < -0.4 is 14.2 Å². The molecule has 6 heteroatoms. The monoisotopic (exact) mass is 252 g/mol. The van der Waals surface area contributed by atoms with Gasteiger partial charge >= 0.3 is 0 Å². The van der Waals surface area contributed by atoms with Gasteiger partial charge in [0.25, 0.3) is 0 Å². The third kappa shape index (κ3) is 2.16. The molecule has 0 saturated heterocycles. The number of hydrogen-bond acceptors (Lipinski definition) is 6. The molecule has 0 aliphatic carbocycles. The first-order valence-electron chi connectivity index (χ1n) is 4.86. The number of ether oxygens (including phenoxy) is 3. The average molecular weight is 252 g/mol. The predicted molar refractivity (Wildman–Crippen MR) is 65.0 cm³/mol. The van der Waals surface area contributed by atoms with Crippen molar-refractivity contribution in [1.82, 2.24) is 10.2 Å². The fraction of sp³-hybridized carbons (Fsp3) is 0.273. The molecule has 2 rings (SSSR count). The highest BCUT2D eigenvalue weighted by Crippen LogP contribution is 2.41. The van der Waals surface area contributed by atoms with Crippen LogP contribution in [-0.4, -0.2) is 31.5 Å². The van der Waals surface area contributed by atoms with E-state index < -0.39 is 0 Å². The van der Waals surface area contributed by atoms with E-state index in [1.807, 2.05) is 12.1 Å². The van der Waals surface area contributed by atoms with E-state index in [2.05, 4.69) is 10.2 Å². The first-order valence-corrected chi connectivity index (χ1v) is 5.74. The molecule has 2 aromatic rings. The zero-order valence-electron chi connectivity index (χ0n) is 9.76. The maximum Gasteiger partial charge on any atom is 0.203 e. The van der Waals surface area contributed by atoms with E-state index in [9.17, 15) is 0 Å². The van der Waals surface area contributed by atoms with E-state index in [1.165, 1.54) is 11.3 Å². The Morgan fingerprint density at radius 1 is 1.00 bits per heavy atom. The second kappa shape index (κ2) is 5.01. The lowest BCUT2D eigenvalue weighted by Gasteiger charge is -2.12. The van der Waals surface area contributed by atoms with Crippen molar-refractivity contribution in [3.8, 4) is 27.8 Å². The number of benzene rings is 1. The Morgan fingerprint density at radius 3 is 2.06 bits per heavy atom. The third-order valence-electron chi connectivity index (χ3n) is 2.27. The van der Waals surface area contributed by atoms with Crippen molar-refractivity contribution in [2.45, 2.75) is 0 Å². The molecule has 0 fully saturated rings. The predicted octanol–water partition coefficient (Wildman–Crippen LogP) is 2.23. The molecule has 1 heterocycles. The molecule has 5 nitrogen and oxygen atoms in total. The van der Waals surface area contributed by atoms with Crippen LogP contribution in [0.25, 0.3) is 10.6 Å². The number of aromatic nitrogens is 2. The van der Waals surface area contributed by atoms with Crippen LogP contribution in [0, 0.1) is 0 Å². The Labute approximate surface area is 103 Å². The van der Waals surface area contributed by atoms with E-state index >= 15 is 0 Å². The fourth-order valence-electron chi connectivity index (χ4n) is 1.50. The van der Waals surface area contributed by atoms with E-state index in [1.54, 1.807) is 26.8 Å². The molecule has 1 aromatic heterocycles. The fourth-order valence-corrected chi connectivity index (χ4v) is 2.05. The van der Waals surface area contributed by atoms with E-state index in [0.717, 1.165) is 10.6 Å². The van der Waals surface area contributed by atoms with Crippen LogP contribution in [0.1, 0.15) is 0 Å². The number of rotatable bonds is 4. The minimum absolute atomic E-state index is 0.572. The second-order valence-corrected chi connectivity index (χ2v) is 3.99. The quantitative estimate of drug-likeness (QED) is 0.835. The van der Waals surface area contributed by atoms with Crippen molar-refractivity contribution in [2.24, 2.45) is 0 Å². The van der Waals surface area contributed by atoms with Gasteiger partial charge in [-0.05, 0) is 12.1 Å². The standard InChI is InChI=1S/C11H12N2O3S/c1-14-8-4-7(11-13-12-6-17-11)5-9(15-2)10(8)16-3/h4-6H,1-3H3. The van der Waals surface area contributed by atoms with Crippen molar-refractivity contribution in [3.05, 3.63) is 17.6 Å². The summed E-state index contributed by atoms with van der Waals surface area (Å²) in [5, 5.41) is 8.63. The summed E-state index contributed by atoms with van der Waals surface area (Å²) in [5.74, 6) is 1.79. The van der Waals surface area contributed by atoms with Gasteiger partial charge in [0.2, 0.25) is 5.75 Å². The van der Waals surface area contributed by atoms with Gasteiger partial charge in [-0.2, -0.15) is 0 Å². The average Bonchev–Trinajstić information content (AvgIpc) is 2.90. The van der Waals surface area contributed by atoms with Gasteiger partial charge in [-0.15, -0.1) is 10.2 Å². The molecule has 0 unspecified atom stereocenters. The van der Waals surface area contributed by atoms with Crippen molar-refractivity contribution < 1.29 is 14.2 Å². The van der Waals surface area contributed by atoms with Crippen molar-refractivity contribution in [1.29, 1.82) is 0 Å². The molecule has 0 atom stereocenters. The summed E-state index contributed by atoms with van der Waals surface area (Å²) < 4.78 is 15.8. The molecule has 1 aromatic carbocycles. The van der Waals surface area contributed by atoms with Crippen molar-refractivity contribution in [3.63, 3.8) is 0 Å². The summed E-state index contributed by atoms with van der Waals surface area (Å²) in [4.78, 5) is 0. The maximum atomic E-state index is 5.27. The molecular formula is C11H12N2O3S. The molecule has 0 radical (unpaired) electrons. The summed E-state index contributed by atoms with van der Waals surface area (Å²) in [6.07, 6.45) is 0. The van der Waals surface area contributed by atoms with Crippen LogP contribution in [0.4, 0.5) is 0 Å². The molecule has 0 aliphatic heterocycles. The minimum Gasteiger partial charge on any atom is -0.493 e. The topological polar surface area (TPSA) is 53.5 Å². The zero-order chi connectivity index (χ0) is 12.3. The van der Waals surface area contributed by atoms with Crippen molar-refractivity contribution >= 4 is 11.3 Å². The summed E-state index contributed by atoms with van der Waals surface area (Å²) >= 11 is 1.45. The van der Waals surface area contributed by atoms with E-state index in [0.29, 0.717) is 17.2 Å². The van der Waals surface area contributed by atoms with Gasteiger partial charge in [-0.3, -0.25) is 0 Å². The van der Waals surface area contributed by atoms with E-state index in [4.69, 9.17) is 14.2 Å². The lowest BCUT2D eigenvalue weighted by molar-refractivity contribution is 0.324. The lowest BCUT2D eigenvalue weighted by atomic mass is 10.2. The van der Waals surface area contributed by atoms with Gasteiger partial charge in [0.05, 0.1) is 21.3 Å². The summed E-state index contributed by atoms with van der Waals surface area (Å²) in [6.45, 7) is 0. The first-order chi connectivity index (χ1) is 8.30. The highest BCUT2D eigenvalue weighted by molar-refractivity contribution is 7.12. The Morgan fingerprint density at radius 2 is 1.65 bits per heavy atom. The summed E-state index contributed by atoms with van der Waals surface area (Å²) in [5.41, 5.74) is 2.57. The number of hydrogen-bond donors (Lipinski definition) is 0. The van der Waals surface area contributed by atoms with E-state index in [-0.39, 0.29) is 0 Å². The largest absolute Gasteiger partial charge is 0.493 e. The highest BCUT2D eigenvalue weighted by atomic mass is 32.1. The van der Waals surface area contributed by atoms with Gasteiger partial charge in [0, 0.05) is 5.56 Å². The van der Waals surface area contributed by atoms with Crippen LogP contribution in [0.15, 0.2) is 17.6 Å². The molecule has 0 amide bonds. The first kappa shape index (κ1) is 11.7. The Bertz CT molecular complexity index is 474. The summed E-state index contributed by atoms with van der Waals surface area (Å²) in [7, 11) is 4.74. The zero-order valence-corrected chi connectivity index (χ0v) is 10.6. The van der Waals surface area contributed by atoms with Gasteiger partial charge in [-0.25, -0.2) is 0 Å². The van der Waals surface area contributed by atoms with Crippen LogP contribution in [0.3, 0.4) is 0 Å². The van der Waals surface area contributed by atoms with Gasteiger partial charge < -0.3 is 14.2 Å². The smallest absolute Gasteiger partial charge is 0.203 e. The van der Waals surface area contributed by atoms with Gasteiger partial charge in [0.15, 0.2) is 11.5 Å². The molecule has 0 spiro atoms. The molecule has 17 heavy (non-hydrogen) atoms. The summed E-state index contributed by atoms with van der Waals surface area (Å²) in [6, 6.07) is 3.70. The molecule has 0 bridgehead atoms. The third-order valence-corrected chi connectivity index (χ3v) is 3.01. The number of nitrogens with zero attached hydrogens (tertiary/aromatic N) is 2. The molecule has 0 N–H and O–H groups in total. The van der Waals surface area contributed by atoms with Crippen LogP contribution in [0.5, 0.6) is 17.2 Å². The Kier molecular flexibility index (Phi) is 3.43. The van der Waals surface area contributed by atoms with Crippen LogP contribution in [0.2, 0.25) is 0 Å². The van der Waals surface area contributed by atoms with Crippen LogP contribution in [-0.2, 0) is 0 Å². The molecular weight excluding hydrogens is 240 g/mol. The minimum atomic E-state index is 0.572. The molecule has 0 aliphatic rings. The Hall–Kier alpha value is -1.82. The molecule has 0 saturated carbocycles.